The minimum absolute atomic E-state index is 0.00975. The summed E-state index contributed by atoms with van der Waals surface area (Å²) >= 11 is 0. The Kier molecular flexibility index (Phi) is 5.55. The maximum atomic E-state index is 14.1. The Labute approximate surface area is 198 Å². The molecule has 3 unspecified atom stereocenters. The van der Waals surface area contributed by atoms with E-state index in [1.165, 1.54) is 24.8 Å². The molecule has 180 valence electrons. The lowest BCUT2D eigenvalue weighted by Crippen LogP contribution is -2.43. The van der Waals surface area contributed by atoms with Gasteiger partial charge in [0.05, 0.1) is 7.11 Å². The summed E-state index contributed by atoms with van der Waals surface area (Å²) in [6.07, 6.45) is 7.13. The highest BCUT2D eigenvalue weighted by atomic mass is 16.7. The van der Waals surface area contributed by atoms with Crippen LogP contribution in [0.2, 0.25) is 0 Å². The van der Waals surface area contributed by atoms with Crippen LogP contribution in [0.4, 0.5) is 0 Å². The second kappa shape index (κ2) is 8.04. The van der Waals surface area contributed by atoms with E-state index in [-0.39, 0.29) is 23.7 Å². The van der Waals surface area contributed by atoms with Crippen LogP contribution < -0.4 is 14.2 Å². The number of Topliss-reactive ketones (excluding diaryl/α,β-unsaturated/α-hetero) is 1. The van der Waals surface area contributed by atoms with Gasteiger partial charge in [0, 0.05) is 30.0 Å². The predicted octanol–water partition coefficient (Wildman–Crippen LogP) is 5.86. The molecular weight excluding hydrogens is 414 g/mol. The van der Waals surface area contributed by atoms with Crippen molar-refractivity contribution in [2.24, 2.45) is 16.7 Å². The summed E-state index contributed by atoms with van der Waals surface area (Å²) in [7, 11) is 3.82. The van der Waals surface area contributed by atoms with Crippen LogP contribution in [0.1, 0.15) is 83.4 Å². The molecule has 1 aromatic rings. The normalized spacial score (nSPS) is 30.6. The highest BCUT2D eigenvalue weighted by molar-refractivity contribution is 5.86. The van der Waals surface area contributed by atoms with E-state index in [1.807, 2.05) is 0 Å². The van der Waals surface area contributed by atoms with Crippen molar-refractivity contribution in [2.45, 2.75) is 78.7 Å². The summed E-state index contributed by atoms with van der Waals surface area (Å²) in [5.74, 6) is 2.92. The molecule has 0 spiro atoms. The molecule has 2 aliphatic carbocycles. The number of benzene rings is 1. The van der Waals surface area contributed by atoms with Crippen LogP contribution in [0.5, 0.6) is 17.2 Å². The van der Waals surface area contributed by atoms with Crippen molar-refractivity contribution >= 4 is 5.78 Å². The van der Waals surface area contributed by atoms with Gasteiger partial charge in [-0.3, -0.25) is 9.69 Å². The third kappa shape index (κ3) is 3.58. The van der Waals surface area contributed by atoms with Crippen molar-refractivity contribution in [1.29, 1.82) is 0 Å². The molecule has 3 atom stereocenters. The fraction of sp³-hybridized carbons (Fsp3) is 0.679. The summed E-state index contributed by atoms with van der Waals surface area (Å²) in [6, 6.07) is 2.08. The van der Waals surface area contributed by atoms with E-state index >= 15 is 0 Å². The summed E-state index contributed by atoms with van der Waals surface area (Å²) in [5, 5.41) is 0. The van der Waals surface area contributed by atoms with Gasteiger partial charge in [-0.05, 0) is 68.5 Å². The lowest BCUT2D eigenvalue weighted by atomic mass is 9.56. The predicted molar refractivity (Wildman–Crippen MR) is 129 cm³/mol. The first kappa shape index (κ1) is 22.8. The lowest BCUT2D eigenvalue weighted by molar-refractivity contribution is -0.132. The van der Waals surface area contributed by atoms with Gasteiger partial charge in [0.1, 0.15) is 5.78 Å². The summed E-state index contributed by atoms with van der Waals surface area (Å²) in [4.78, 5) is 16.4. The fourth-order valence-electron chi connectivity index (χ4n) is 6.82. The molecule has 0 radical (unpaired) electrons. The number of methoxy groups -OCH3 is 1. The Balaban J connectivity index is 1.48. The van der Waals surface area contributed by atoms with E-state index in [1.54, 1.807) is 18.3 Å². The Morgan fingerprint density at radius 3 is 2.79 bits per heavy atom. The van der Waals surface area contributed by atoms with Gasteiger partial charge in [0.25, 0.3) is 0 Å². The van der Waals surface area contributed by atoms with Crippen molar-refractivity contribution in [3.05, 3.63) is 28.3 Å². The third-order valence-electron chi connectivity index (χ3n) is 9.27. The monoisotopic (exact) mass is 453 g/mol. The average Bonchev–Trinajstić information content (AvgIpc) is 3.23. The van der Waals surface area contributed by atoms with E-state index < -0.39 is 0 Å². The summed E-state index contributed by atoms with van der Waals surface area (Å²) < 4.78 is 17.3. The number of nitrogens with zero attached hydrogens (tertiary/aromatic N) is 1. The van der Waals surface area contributed by atoms with Crippen LogP contribution >= 0.6 is 0 Å². The standard InChI is InChI=1S/C28H39NO4/c1-17-12-18-8-7-10-27(2,3)20(18)15-28(17,4)23(30)14-21-24-19(9-11-29(21)5)13-22-25(26(24)31-6)33-16-32-22/h13,17,21H,7-12,14-16H2,1-6H3. The van der Waals surface area contributed by atoms with Gasteiger partial charge in [0.15, 0.2) is 11.5 Å². The zero-order valence-electron chi connectivity index (χ0n) is 21.2. The van der Waals surface area contributed by atoms with Crippen molar-refractivity contribution in [3.63, 3.8) is 0 Å². The van der Waals surface area contributed by atoms with E-state index in [4.69, 9.17) is 14.2 Å². The Morgan fingerprint density at radius 1 is 1.24 bits per heavy atom. The van der Waals surface area contributed by atoms with Gasteiger partial charge < -0.3 is 14.2 Å². The molecule has 2 aliphatic heterocycles. The van der Waals surface area contributed by atoms with Gasteiger partial charge in [-0.15, -0.1) is 0 Å². The second-order valence-electron chi connectivity index (χ2n) is 11.6. The quantitative estimate of drug-likeness (QED) is 0.535. The number of ketones is 1. The fourth-order valence-corrected chi connectivity index (χ4v) is 6.82. The molecule has 5 rings (SSSR count). The topological polar surface area (TPSA) is 48.0 Å². The minimum Gasteiger partial charge on any atom is -0.492 e. The maximum Gasteiger partial charge on any atom is 0.231 e. The number of rotatable bonds is 4. The highest BCUT2D eigenvalue weighted by Crippen LogP contribution is 2.56. The zero-order valence-corrected chi connectivity index (χ0v) is 21.2. The number of fused-ring (bicyclic) bond motifs is 2. The Hall–Kier alpha value is -2.01. The van der Waals surface area contributed by atoms with E-state index in [2.05, 4.69) is 45.7 Å². The number of hydrogen-bond acceptors (Lipinski definition) is 5. The molecule has 0 fully saturated rings. The van der Waals surface area contributed by atoms with Crippen LogP contribution in [0.25, 0.3) is 0 Å². The van der Waals surface area contributed by atoms with Crippen LogP contribution in [-0.2, 0) is 11.2 Å². The summed E-state index contributed by atoms with van der Waals surface area (Å²) in [5.41, 5.74) is 5.42. The van der Waals surface area contributed by atoms with Crippen LogP contribution in [0.3, 0.4) is 0 Å². The zero-order chi connectivity index (χ0) is 23.5. The molecule has 33 heavy (non-hydrogen) atoms. The Morgan fingerprint density at radius 2 is 2.03 bits per heavy atom. The first-order chi connectivity index (χ1) is 15.7. The molecule has 0 amide bonds. The summed E-state index contributed by atoms with van der Waals surface area (Å²) in [6.45, 7) is 10.4. The maximum absolute atomic E-state index is 14.1. The molecular formula is C28H39NO4. The molecule has 5 nitrogen and oxygen atoms in total. The highest BCUT2D eigenvalue weighted by Gasteiger charge is 2.48. The van der Waals surface area contributed by atoms with Crippen molar-refractivity contribution in [3.8, 4) is 17.2 Å². The molecule has 1 aromatic carbocycles. The van der Waals surface area contributed by atoms with E-state index in [9.17, 15) is 4.79 Å². The van der Waals surface area contributed by atoms with Gasteiger partial charge >= 0.3 is 0 Å². The molecule has 0 N–H and O–H groups in total. The van der Waals surface area contributed by atoms with Gasteiger partial charge in [0.2, 0.25) is 12.5 Å². The van der Waals surface area contributed by atoms with Crippen molar-refractivity contribution in [2.75, 3.05) is 27.5 Å². The Bertz CT molecular complexity index is 1010. The largest absolute Gasteiger partial charge is 0.492 e. The van der Waals surface area contributed by atoms with E-state index in [0.29, 0.717) is 23.9 Å². The second-order valence-corrected chi connectivity index (χ2v) is 11.6. The van der Waals surface area contributed by atoms with E-state index in [0.717, 1.165) is 42.9 Å². The number of allylic oxidation sites excluding steroid dienone is 2. The first-order valence-corrected chi connectivity index (χ1v) is 12.6. The van der Waals surface area contributed by atoms with Gasteiger partial charge in [-0.2, -0.15) is 0 Å². The first-order valence-electron chi connectivity index (χ1n) is 12.6. The van der Waals surface area contributed by atoms with Gasteiger partial charge in [-0.25, -0.2) is 0 Å². The lowest BCUT2D eigenvalue weighted by Gasteiger charge is -2.48. The number of likely N-dealkylation sites (N-methyl/N-ethyl adjacent to an activating group) is 1. The smallest absolute Gasteiger partial charge is 0.231 e. The van der Waals surface area contributed by atoms with Gasteiger partial charge in [-0.1, -0.05) is 38.8 Å². The van der Waals surface area contributed by atoms with Crippen molar-refractivity contribution in [1.82, 2.24) is 4.90 Å². The van der Waals surface area contributed by atoms with Crippen LogP contribution in [0.15, 0.2) is 17.2 Å². The number of ether oxygens (including phenoxy) is 3. The average molecular weight is 454 g/mol. The molecule has 4 aliphatic rings. The van der Waals surface area contributed by atoms with Crippen molar-refractivity contribution < 1.29 is 19.0 Å². The minimum atomic E-state index is -0.324. The molecule has 0 saturated heterocycles. The number of hydrogen-bond donors (Lipinski definition) is 0. The number of carbonyl (C=O) groups is 1. The van der Waals surface area contributed by atoms with Crippen LogP contribution in [-0.4, -0.2) is 38.2 Å². The molecule has 0 saturated carbocycles. The molecule has 2 heterocycles. The molecule has 0 aromatic heterocycles. The molecule has 5 heteroatoms. The van der Waals surface area contributed by atoms with Crippen LogP contribution in [0, 0.1) is 16.7 Å². The third-order valence-corrected chi connectivity index (χ3v) is 9.27. The number of carbonyl (C=O) groups excluding carboxylic acids is 1. The SMILES string of the molecule is COc1c2c(cc3c1C(CC(=O)C1(C)CC4=C(CCCC4(C)C)CC1C)N(C)CC3)OCO2. The molecule has 0 bridgehead atoms.